The van der Waals surface area contributed by atoms with Gasteiger partial charge in [0.2, 0.25) is 5.91 Å². The van der Waals surface area contributed by atoms with Crippen LogP contribution in [0.1, 0.15) is 91.1 Å². The zero-order valence-corrected chi connectivity index (χ0v) is 29.3. The Morgan fingerprint density at radius 2 is 1.75 bits per heavy atom. The van der Waals surface area contributed by atoms with Gasteiger partial charge in [-0.05, 0) is 99.5 Å². The predicted molar refractivity (Wildman–Crippen MR) is 185 cm³/mol. The molecule has 8 rings (SSSR count). The van der Waals surface area contributed by atoms with Crippen LogP contribution in [0.15, 0.2) is 36.4 Å². The second-order valence-corrected chi connectivity index (χ2v) is 17.0. The van der Waals surface area contributed by atoms with E-state index in [0.717, 1.165) is 83.8 Å². The molecule has 2 bridgehead atoms. The molecule has 0 spiro atoms. The minimum atomic E-state index is -3.97. The molecule has 4 heterocycles. The number of carbonyl (C=O) groups excluding carboxylic acids is 2. The Morgan fingerprint density at radius 1 is 0.979 bits per heavy atom. The summed E-state index contributed by atoms with van der Waals surface area (Å²) in [7, 11) is 2.68. The lowest BCUT2D eigenvalue weighted by Gasteiger charge is -2.33. The van der Waals surface area contributed by atoms with Gasteiger partial charge in [-0.15, -0.1) is 0 Å². The molecule has 1 aromatic heterocycles. The van der Waals surface area contributed by atoms with Gasteiger partial charge in [-0.2, -0.15) is 12.7 Å². The summed E-state index contributed by atoms with van der Waals surface area (Å²) in [6, 6.07) is 12.4. The molecule has 4 atom stereocenters. The number of nitrogens with zero attached hydrogens (tertiary/aromatic N) is 4. The van der Waals surface area contributed by atoms with E-state index < -0.39 is 21.5 Å². The molecule has 2 unspecified atom stereocenters. The first kappa shape index (κ1) is 31.8. The standard InChI is InChI=1S/C37H47N5O5S/c1-39(2)48(45,46)38-35(43)24-10-14-29-32(18-24)41-22-37(36(44)42-25-11-12-26(42)21-40(3)17-16-25)20-31(37)30-19-27(47-4)13-15-28(30)34(41)33(29)23-8-6-5-7-9-23/h10,13-15,18-19,23,25-26,31H,5-9,11-12,16-17,20-22H2,1-4H3,(H,38,43)/t25?,26?,31-,37-/m0/s1. The van der Waals surface area contributed by atoms with E-state index in [-0.39, 0.29) is 29.5 Å². The van der Waals surface area contributed by atoms with Gasteiger partial charge in [-0.3, -0.25) is 9.59 Å². The summed E-state index contributed by atoms with van der Waals surface area (Å²) >= 11 is 0. The van der Waals surface area contributed by atoms with E-state index in [4.69, 9.17) is 4.74 Å². The highest BCUT2D eigenvalue weighted by Gasteiger charge is 2.65. The van der Waals surface area contributed by atoms with Crippen molar-refractivity contribution in [3.63, 3.8) is 0 Å². The number of ether oxygens (including phenoxy) is 1. The molecule has 1 N–H and O–H groups in total. The summed E-state index contributed by atoms with van der Waals surface area (Å²) in [5, 5.41) is 1.09. The molecule has 5 aliphatic rings. The molecular weight excluding hydrogens is 627 g/mol. The monoisotopic (exact) mass is 673 g/mol. The zero-order chi connectivity index (χ0) is 33.5. The fraction of sp³-hybridized carbons (Fsp3) is 0.568. The van der Waals surface area contributed by atoms with Crippen molar-refractivity contribution in [2.45, 2.75) is 88.3 Å². The SMILES string of the molecule is COc1ccc2c(c1)[C@@H]1C[C@]1(C(=O)N1C3CCC1CN(C)CC3)Cn1c-2c(C2CCCCC2)c2ccc(C(=O)NS(=O)(=O)N(C)C)cc21. The van der Waals surface area contributed by atoms with Crippen LogP contribution in [0, 0.1) is 5.41 Å². The fourth-order valence-electron chi connectivity index (χ4n) is 9.52. The molecule has 2 saturated carbocycles. The second-order valence-electron chi connectivity index (χ2n) is 15.1. The van der Waals surface area contributed by atoms with Crippen LogP contribution in [0.4, 0.5) is 0 Å². The molecular formula is C37H47N5O5S. The number of nitrogens with one attached hydrogen (secondary N) is 1. The Morgan fingerprint density at radius 3 is 2.50 bits per heavy atom. The molecule has 3 aromatic rings. The lowest BCUT2D eigenvalue weighted by molar-refractivity contribution is -0.140. The Bertz CT molecular complexity index is 1910. The molecule has 0 radical (unpaired) electrons. The first-order chi connectivity index (χ1) is 23.0. The largest absolute Gasteiger partial charge is 0.497 e. The molecule has 2 aliphatic carbocycles. The minimum absolute atomic E-state index is 0.0707. The molecule has 3 aliphatic heterocycles. The van der Waals surface area contributed by atoms with Gasteiger partial charge in [-0.1, -0.05) is 25.3 Å². The van der Waals surface area contributed by atoms with Gasteiger partial charge in [0, 0.05) is 67.2 Å². The van der Waals surface area contributed by atoms with Crippen LogP contribution in [0.25, 0.3) is 22.2 Å². The van der Waals surface area contributed by atoms with Crippen LogP contribution in [-0.4, -0.2) is 92.3 Å². The first-order valence-electron chi connectivity index (χ1n) is 17.6. The highest BCUT2D eigenvalue weighted by atomic mass is 32.2. The van der Waals surface area contributed by atoms with E-state index in [0.29, 0.717) is 12.5 Å². The summed E-state index contributed by atoms with van der Waals surface area (Å²) < 4.78 is 36.5. The van der Waals surface area contributed by atoms with Gasteiger partial charge in [0.05, 0.1) is 18.2 Å². The van der Waals surface area contributed by atoms with E-state index in [1.54, 1.807) is 13.2 Å². The molecule has 2 saturated heterocycles. The third kappa shape index (κ3) is 4.98. The lowest BCUT2D eigenvalue weighted by Crippen LogP contribution is -2.47. The number of likely N-dealkylation sites (N-methyl/N-ethyl adjacent to an activating group) is 1. The van der Waals surface area contributed by atoms with Crippen molar-refractivity contribution in [1.29, 1.82) is 0 Å². The van der Waals surface area contributed by atoms with Crippen molar-refractivity contribution in [3.8, 4) is 17.0 Å². The number of carbonyl (C=O) groups is 2. The van der Waals surface area contributed by atoms with Gasteiger partial charge in [-0.25, -0.2) is 4.72 Å². The van der Waals surface area contributed by atoms with Crippen molar-refractivity contribution in [1.82, 2.24) is 23.4 Å². The minimum Gasteiger partial charge on any atom is -0.497 e. The van der Waals surface area contributed by atoms with Crippen molar-refractivity contribution in [3.05, 3.63) is 53.1 Å². The molecule has 256 valence electrons. The summed E-state index contributed by atoms with van der Waals surface area (Å²) in [6.45, 7) is 2.44. The topological polar surface area (TPSA) is 104 Å². The molecule has 11 heteroatoms. The Kier molecular flexibility index (Phi) is 7.69. The number of benzene rings is 2. The Labute approximate surface area is 283 Å². The maximum atomic E-state index is 15.1. The molecule has 2 aromatic carbocycles. The zero-order valence-electron chi connectivity index (χ0n) is 28.5. The quantitative estimate of drug-likeness (QED) is 0.392. The number of likely N-dealkylation sites (tertiary alicyclic amines) is 1. The summed E-state index contributed by atoms with van der Waals surface area (Å²) in [5.74, 6) is 0.826. The fourth-order valence-corrected chi connectivity index (χ4v) is 10.1. The molecule has 10 nitrogen and oxygen atoms in total. The predicted octanol–water partition coefficient (Wildman–Crippen LogP) is 5.08. The third-order valence-electron chi connectivity index (χ3n) is 12.1. The average Bonchev–Trinajstić information content (AvgIpc) is 3.63. The average molecular weight is 674 g/mol. The number of aromatic nitrogens is 1. The molecule has 48 heavy (non-hydrogen) atoms. The Balaban J connectivity index is 1.32. The van der Waals surface area contributed by atoms with Gasteiger partial charge < -0.3 is 19.1 Å². The summed E-state index contributed by atoms with van der Waals surface area (Å²) in [4.78, 5) is 33.2. The number of rotatable bonds is 6. The first-order valence-corrected chi connectivity index (χ1v) is 19.1. The van der Waals surface area contributed by atoms with Gasteiger partial charge in [0.15, 0.2) is 0 Å². The second kappa shape index (κ2) is 11.6. The van der Waals surface area contributed by atoms with Crippen molar-refractivity contribution < 1.29 is 22.7 Å². The van der Waals surface area contributed by atoms with Crippen LogP contribution in [0.3, 0.4) is 0 Å². The smallest absolute Gasteiger partial charge is 0.303 e. The van der Waals surface area contributed by atoms with Crippen LogP contribution in [-0.2, 0) is 21.5 Å². The number of amides is 2. The van der Waals surface area contributed by atoms with E-state index >= 15 is 4.79 Å². The van der Waals surface area contributed by atoms with Gasteiger partial charge >= 0.3 is 10.2 Å². The summed E-state index contributed by atoms with van der Waals surface area (Å²) in [5.41, 5.74) is 5.33. The van der Waals surface area contributed by atoms with Crippen LogP contribution in [0.2, 0.25) is 0 Å². The highest BCUT2D eigenvalue weighted by molar-refractivity contribution is 7.87. The number of methoxy groups -OCH3 is 1. The van der Waals surface area contributed by atoms with Gasteiger partial charge in [0.1, 0.15) is 5.75 Å². The molecule has 4 fully saturated rings. The maximum absolute atomic E-state index is 15.1. The number of hydrogen-bond acceptors (Lipinski definition) is 6. The number of hydrogen-bond donors (Lipinski definition) is 1. The summed E-state index contributed by atoms with van der Waals surface area (Å²) in [6.07, 6.45) is 9.66. The van der Waals surface area contributed by atoms with E-state index in [9.17, 15) is 13.2 Å². The van der Waals surface area contributed by atoms with E-state index in [2.05, 4.69) is 38.3 Å². The van der Waals surface area contributed by atoms with E-state index in [1.807, 2.05) is 18.2 Å². The van der Waals surface area contributed by atoms with Crippen LogP contribution >= 0.6 is 0 Å². The molecule has 2 amide bonds. The number of fused-ring (bicyclic) bond motifs is 9. The van der Waals surface area contributed by atoms with Crippen LogP contribution < -0.4 is 9.46 Å². The van der Waals surface area contributed by atoms with Crippen molar-refractivity contribution >= 4 is 32.9 Å². The Hall–Kier alpha value is -3.41. The normalized spacial score (nSPS) is 27.2. The third-order valence-corrected chi connectivity index (χ3v) is 13.5. The van der Waals surface area contributed by atoms with Crippen molar-refractivity contribution in [2.75, 3.05) is 41.3 Å². The lowest BCUT2D eigenvalue weighted by atomic mass is 9.81. The van der Waals surface area contributed by atoms with Crippen molar-refractivity contribution in [2.24, 2.45) is 5.41 Å². The van der Waals surface area contributed by atoms with Crippen LogP contribution in [0.5, 0.6) is 5.75 Å². The maximum Gasteiger partial charge on any atom is 0.303 e. The van der Waals surface area contributed by atoms with Gasteiger partial charge in [0.25, 0.3) is 5.91 Å². The highest BCUT2D eigenvalue weighted by Crippen LogP contribution is 2.66. The van der Waals surface area contributed by atoms with E-state index in [1.165, 1.54) is 44.5 Å².